The minimum Gasteiger partial charge on any atom is -0.460 e. The van der Waals surface area contributed by atoms with Gasteiger partial charge in [0.2, 0.25) is 0 Å². The van der Waals surface area contributed by atoms with Gasteiger partial charge in [0.05, 0.1) is 126 Å². The van der Waals surface area contributed by atoms with Crippen molar-refractivity contribution in [3.8, 4) is 0 Å². The zero-order valence-corrected chi connectivity index (χ0v) is 27.1. The van der Waals surface area contributed by atoms with Gasteiger partial charge in [0.25, 0.3) is 0 Å². The predicted octanol–water partition coefficient (Wildman–Crippen LogP) is 3.07. The summed E-state index contributed by atoms with van der Waals surface area (Å²) in [7, 11) is 0. The van der Waals surface area contributed by atoms with Crippen molar-refractivity contribution in [2.75, 3.05) is 145 Å². The Labute approximate surface area is 263 Å². The van der Waals surface area contributed by atoms with Gasteiger partial charge in [-0.05, 0) is 19.8 Å². The number of carbonyl (C=O) groups is 1. The van der Waals surface area contributed by atoms with E-state index in [1.807, 2.05) is 0 Å². The molecule has 0 saturated carbocycles. The highest BCUT2D eigenvalue weighted by molar-refractivity contribution is 6.17. The summed E-state index contributed by atoms with van der Waals surface area (Å²) in [6, 6.07) is 0. The van der Waals surface area contributed by atoms with Crippen LogP contribution < -0.4 is 0 Å². The van der Waals surface area contributed by atoms with E-state index < -0.39 is 5.97 Å². The van der Waals surface area contributed by atoms with E-state index in [0.717, 1.165) is 31.7 Å². The first-order valence-corrected chi connectivity index (χ1v) is 15.9. The molecule has 12 nitrogen and oxygen atoms in total. The van der Waals surface area contributed by atoms with Gasteiger partial charge in [-0.3, -0.25) is 0 Å². The van der Waals surface area contributed by atoms with Crippen LogP contribution in [0.2, 0.25) is 0 Å². The Morgan fingerprint density at radius 2 is 0.674 bits per heavy atom. The molecule has 0 aliphatic heterocycles. The molecule has 0 aromatic heterocycles. The van der Waals surface area contributed by atoms with Crippen LogP contribution in [0.5, 0.6) is 0 Å². The number of unbranched alkanes of at least 4 members (excludes halogenated alkanes) is 3. The summed E-state index contributed by atoms with van der Waals surface area (Å²) in [6.07, 6.45) is 4.49. The lowest BCUT2D eigenvalue weighted by Gasteiger charge is -2.09. The van der Waals surface area contributed by atoms with Crippen molar-refractivity contribution < 1.29 is 56.9 Å². The van der Waals surface area contributed by atoms with Crippen molar-refractivity contribution in [2.24, 2.45) is 0 Å². The monoisotopic (exact) mass is 644 g/mol. The van der Waals surface area contributed by atoms with Gasteiger partial charge >= 0.3 is 5.97 Å². The van der Waals surface area contributed by atoms with Crippen LogP contribution in [0.3, 0.4) is 0 Å². The normalized spacial score (nSPS) is 11.3. The van der Waals surface area contributed by atoms with Gasteiger partial charge in [0.1, 0.15) is 6.61 Å². The Morgan fingerprint density at radius 1 is 0.419 bits per heavy atom. The molecule has 13 heteroatoms. The lowest BCUT2D eigenvalue weighted by Crippen LogP contribution is -2.15. The maximum atomic E-state index is 11.2. The number of hydrogen-bond donors (Lipinski definition) is 0. The fourth-order valence-corrected chi connectivity index (χ4v) is 3.24. The summed E-state index contributed by atoms with van der Waals surface area (Å²) in [4.78, 5) is 11.2. The van der Waals surface area contributed by atoms with E-state index in [2.05, 4.69) is 6.58 Å². The van der Waals surface area contributed by atoms with Crippen LogP contribution in [-0.4, -0.2) is 151 Å². The molecule has 0 heterocycles. The first kappa shape index (κ1) is 42.1. The van der Waals surface area contributed by atoms with Gasteiger partial charge in [0, 0.05) is 18.1 Å². The smallest absolute Gasteiger partial charge is 0.333 e. The molecule has 0 spiro atoms. The largest absolute Gasteiger partial charge is 0.460 e. The third-order valence-electron chi connectivity index (χ3n) is 5.33. The average molecular weight is 645 g/mol. The van der Waals surface area contributed by atoms with E-state index in [4.69, 9.17) is 63.7 Å². The highest BCUT2D eigenvalue weighted by atomic mass is 35.5. The van der Waals surface area contributed by atoms with Crippen LogP contribution >= 0.6 is 11.6 Å². The van der Waals surface area contributed by atoms with Crippen LogP contribution in [0.4, 0.5) is 0 Å². The molecular formula is C30H57ClO12. The average Bonchev–Trinajstić information content (AvgIpc) is 3.00. The molecular weight excluding hydrogens is 588 g/mol. The zero-order chi connectivity index (χ0) is 31.3. The van der Waals surface area contributed by atoms with Crippen LogP contribution in [0.15, 0.2) is 12.2 Å². The van der Waals surface area contributed by atoms with Crippen molar-refractivity contribution in [1.82, 2.24) is 0 Å². The first-order valence-electron chi connectivity index (χ1n) is 15.3. The minimum atomic E-state index is -0.411. The maximum Gasteiger partial charge on any atom is 0.333 e. The van der Waals surface area contributed by atoms with Crippen molar-refractivity contribution in [2.45, 2.75) is 32.6 Å². The van der Waals surface area contributed by atoms with E-state index in [1.54, 1.807) is 6.92 Å². The van der Waals surface area contributed by atoms with Crippen molar-refractivity contribution in [3.05, 3.63) is 12.2 Å². The topological polar surface area (TPSA) is 119 Å². The van der Waals surface area contributed by atoms with Gasteiger partial charge in [-0.15, -0.1) is 11.6 Å². The van der Waals surface area contributed by atoms with Gasteiger partial charge < -0.3 is 52.1 Å². The predicted molar refractivity (Wildman–Crippen MR) is 163 cm³/mol. The second-order valence-corrected chi connectivity index (χ2v) is 9.52. The zero-order valence-electron chi connectivity index (χ0n) is 26.4. The van der Waals surface area contributed by atoms with Crippen LogP contribution in [0.25, 0.3) is 0 Å². The molecule has 0 amide bonds. The third kappa shape index (κ3) is 37.2. The highest BCUT2D eigenvalue weighted by Crippen LogP contribution is 2.01. The summed E-state index contributed by atoms with van der Waals surface area (Å²) in [5.41, 5.74) is 0.371. The van der Waals surface area contributed by atoms with E-state index in [9.17, 15) is 4.79 Å². The molecule has 0 unspecified atom stereocenters. The molecule has 0 saturated heterocycles. The van der Waals surface area contributed by atoms with Crippen LogP contribution in [0, 0.1) is 0 Å². The van der Waals surface area contributed by atoms with Crippen molar-refractivity contribution >= 4 is 17.6 Å². The fourth-order valence-electron chi connectivity index (χ4n) is 3.05. The summed E-state index contributed by atoms with van der Waals surface area (Å²) < 4.78 is 59.4. The van der Waals surface area contributed by atoms with Gasteiger partial charge in [-0.25, -0.2) is 4.79 Å². The first-order chi connectivity index (χ1) is 21.2. The second-order valence-electron chi connectivity index (χ2n) is 9.14. The molecule has 0 aliphatic rings. The number of halogens is 1. The molecule has 0 atom stereocenters. The van der Waals surface area contributed by atoms with Crippen molar-refractivity contribution in [1.29, 1.82) is 0 Å². The quantitative estimate of drug-likeness (QED) is 0.0428. The maximum absolute atomic E-state index is 11.2. The van der Waals surface area contributed by atoms with Crippen molar-refractivity contribution in [3.63, 3.8) is 0 Å². The lowest BCUT2D eigenvalue weighted by molar-refractivity contribution is -0.140. The number of hydrogen-bond acceptors (Lipinski definition) is 12. The molecule has 0 rings (SSSR count). The van der Waals surface area contributed by atoms with E-state index in [-0.39, 0.29) is 6.61 Å². The van der Waals surface area contributed by atoms with E-state index >= 15 is 0 Å². The van der Waals surface area contributed by atoms with E-state index in [0.29, 0.717) is 131 Å². The highest BCUT2D eigenvalue weighted by Gasteiger charge is 2.02. The molecule has 43 heavy (non-hydrogen) atoms. The van der Waals surface area contributed by atoms with E-state index in [1.165, 1.54) is 6.42 Å². The second kappa shape index (κ2) is 37.3. The number of esters is 1. The third-order valence-corrected chi connectivity index (χ3v) is 5.60. The molecule has 0 fully saturated rings. The Balaban J connectivity index is 3.06. The molecule has 0 aromatic rings. The Hall–Kier alpha value is -0.900. The molecule has 0 aromatic carbocycles. The van der Waals surface area contributed by atoms with Gasteiger partial charge in [-0.1, -0.05) is 19.4 Å². The summed E-state index contributed by atoms with van der Waals surface area (Å²) >= 11 is 5.65. The number of alkyl halides is 1. The molecule has 0 radical (unpaired) electrons. The number of carbonyl (C=O) groups excluding carboxylic acids is 1. The molecule has 0 N–H and O–H groups in total. The van der Waals surface area contributed by atoms with Gasteiger partial charge in [-0.2, -0.15) is 0 Å². The fraction of sp³-hybridized carbons (Fsp3) is 0.900. The lowest BCUT2D eigenvalue weighted by atomic mass is 10.2. The molecule has 256 valence electrons. The standard InChI is InChI=1S/C30H57ClO12/c1-29(2)30(32)43-28-27-42-26-25-41-24-23-40-22-21-39-20-19-38-18-17-37-16-15-36-14-13-35-12-11-34-10-9-33-8-6-4-3-5-7-31/h1,3-28H2,2H3. The molecule has 0 aliphatic carbocycles. The van der Waals surface area contributed by atoms with Crippen LogP contribution in [-0.2, 0) is 56.9 Å². The SMILES string of the molecule is C=C(C)C(=O)OCCOCCOCCOCCOCCOCCOCCOCCOCCOCCOCCCCCCCl. The number of rotatable bonds is 37. The van der Waals surface area contributed by atoms with Crippen LogP contribution in [0.1, 0.15) is 32.6 Å². The molecule has 0 bridgehead atoms. The summed E-state index contributed by atoms with van der Waals surface area (Å²) in [5, 5.41) is 0. The summed E-state index contributed by atoms with van der Waals surface area (Å²) in [5.74, 6) is 0.330. The number of ether oxygens (including phenoxy) is 11. The Morgan fingerprint density at radius 3 is 0.953 bits per heavy atom. The Kier molecular flexibility index (Phi) is 36.5. The Bertz CT molecular complexity index is 585. The minimum absolute atomic E-state index is 0.201. The summed E-state index contributed by atoms with van der Waals surface area (Å²) in [6.45, 7) is 15.6. The van der Waals surface area contributed by atoms with Gasteiger partial charge in [0.15, 0.2) is 0 Å².